The van der Waals surface area contributed by atoms with E-state index < -0.39 is 29.2 Å². The van der Waals surface area contributed by atoms with Gasteiger partial charge in [0.25, 0.3) is 5.56 Å². The van der Waals surface area contributed by atoms with Gasteiger partial charge in [0.15, 0.2) is 0 Å². The molecule has 1 rings (SSSR count). The normalized spacial score (nSPS) is 11.9. The van der Waals surface area contributed by atoms with Gasteiger partial charge in [0.05, 0.1) is 0 Å². The number of rotatable bonds is 5. The van der Waals surface area contributed by atoms with Crippen LogP contribution in [0.3, 0.4) is 0 Å². The molecule has 0 fully saturated rings. The number of carboxylic acid groups (broad SMARTS) is 1. The van der Waals surface area contributed by atoms with Crippen LogP contribution in [0.15, 0.2) is 9.59 Å². The second-order valence-electron chi connectivity index (χ2n) is 4.14. The summed E-state index contributed by atoms with van der Waals surface area (Å²) in [5, 5.41) is 10.9. The van der Waals surface area contributed by atoms with Crippen LogP contribution in [0.1, 0.15) is 24.6 Å². The number of amides is 1. The molecule has 0 radical (unpaired) electrons. The minimum absolute atomic E-state index is 0.0341. The van der Waals surface area contributed by atoms with Crippen LogP contribution in [0.4, 0.5) is 0 Å². The third-order valence-electron chi connectivity index (χ3n) is 2.60. The number of aryl methyl sites for hydroxylation is 1. The molecule has 0 aliphatic heterocycles. The van der Waals surface area contributed by atoms with Crippen LogP contribution >= 0.6 is 0 Å². The zero-order chi connectivity index (χ0) is 14.6. The van der Waals surface area contributed by atoms with E-state index in [2.05, 4.69) is 15.3 Å². The van der Waals surface area contributed by atoms with Gasteiger partial charge in [0, 0.05) is 17.7 Å². The molecule has 0 bridgehead atoms. The van der Waals surface area contributed by atoms with Crippen molar-refractivity contribution in [2.45, 2.75) is 32.7 Å². The Hall–Kier alpha value is -2.38. The number of nitrogens with one attached hydrogen (secondary N) is 3. The highest BCUT2D eigenvalue weighted by Crippen LogP contribution is 2.00. The summed E-state index contributed by atoms with van der Waals surface area (Å²) in [5.41, 5.74) is -0.443. The van der Waals surface area contributed by atoms with Crippen molar-refractivity contribution in [3.63, 3.8) is 0 Å². The molecule has 8 nitrogen and oxygen atoms in total. The highest BCUT2D eigenvalue weighted by atomic mass is 16.4. The van der Waals surface area contributed by atoms with Crippen molar-refractivity contribution in [1.82, 2.24) is 15.3 Å². The van der Waals surface area contributed by atoms with Gasteiger partial charge in [-0.05, 0) is 20.3 Å². The minimum atomic E-state index is -1.13. The van der Waals surface area contributed by atoms with E-state index in [0.29, 0.717) is 11.3 Å². The van der Waals surface area contributed by atoms with Crippen LogP contribution < -0.4 is 16.6 Å². The number of carbonyl (C=O) groups excluding carboxylic acids is 1. The van der Waals surface area contributed by atoms with Gasteiger partial charge in [-0.1, -0.05) is 0 Å². The van der Waals surface area contributed by atoms with Gasteiger partial charge >= 0.3 is 11.7 Å². The number of aromatic nitrogens is 2. The number of hydrogen-bond donors (Lipinski definition) is 4. The van der Waals surface area contributed by atoms with Gasteiger partial charge in [-0.15, -0.1) is 0 Å². The van der Waals surface area contributed by atoms with Crippen LogP contribution in [0.25, 0.3) is 0 Å². The molecular weight excluding hydrogens is 254 g/mol. The molecule has 19 heavy (non-hydrogen) atoms. The van der Waals surface area contributed by atoms with Crippen molar-refractivity contribution >= 4 is 11.9 Å². The Morgan fingerprint density at radius 2 is 1.95 bits per heavy atom. The Labute approximate surface area is 107 Å². The average Bonchev–Trinajstić information content (AvgIpc) is 2.27. The molecule has 1 amide bonds. The summed E-state index contributed by atoms with van der Waals surface area (Å²) in [4.78, 5) is 49.0. The monoisotopic (exact) mass is 269 g/mol. The lowest BCUT2D eigenvalue weighted by Gasteiger charge is -2.09. The zero-order valence-corrected chi connectivity index (χ0v) is 10.6. The van der Waals surface area contributed by atoms with E-state index in [-0.39, 0.29) is 12.8 Å². The molecule has 1 aromatic rings. The second kappa shape index (κ2) is 5.98. The number of carboxylic acids is 1. The van der Waals surface area contributed by atoms with Crippen molar-refractivity contribution < 1.29 is 14.7 Å². The van der Waals surface area contributed by atoms with Crippen LogP contribution in [0.5, 0.6) is 0 Å². The van der Waals surface area contributed by atoms with E-state index in [9.17, 15) is 19.2 Å². The lowest BCUT2D eigenvalue weighted by Crippen LogP contribution is -2.38. The first-order valence-corrected chi connectivity index (χ1v) is 5.65. The number of aliphatic carboxylic acids is 1. The van der Waals surface area contributed by atoms with Crippen molar-refractivity contribution in [1.29, 1.82) is 0 Å². The number of aromatic amines is 2. The maximum atomic E-state index is 11.5. The topological polar surface area (TPSA) is 132 Å². The van der Waals surface area contributed by atoms with Crippen LogP contribution in [0.2, 0.25) is 0 Å². The van der Waals surface area contributed by atoms with Crippen LogP contribution in [0, 0.1) is 6.92 Å². The average molecular weight is 269 g/mol. The Kier molecular flexibility index (Phi) is 4.62. The molecule has 0 unspecified atom stereocenters. The van der Waals surface area contributed by atoms with Gasteiger partial charge in [0.2, 0.25) is 5.91 Å². The molecule has 0 aliphatic carbocycles. The highest BCUT2D eigenvalue weighted by molar-refractivity contribution is 5.83. The summed E-state index contributed by atoms with van der Waals surface area (Å²) < 4.78 is 0. The van der Waals surface area contributed by atoms with E-state index >= 15 is 0 Å². The summed E-state index contributed by atoms with van der Waals surface area (Å²) in [5.74, 6) is -1.61. The number of carbonyl (C=O) groups is 2. The smallest absolute Gasteiger partial charge is 0.325 e. The van der Waals surface area contributed by atoms with Crippen molar-refractivity contribution in [3.8, 4) is 0 Å². The van der Waals surface area contributed by atoms with Gasteiger partial charge in [-0.2, -0.15) is 0 Å². The summed E-state index contributed by atoms with van der Waals surface area (Å²) >= 11 is 0. The Morgan fingerprint density at radius 3 is 2.47 bits per heavy atom. The number of hydrogen-bond acceptors (Lipinski definition) is 4. The predicted octanol–water partition coefficient (Wildman–Crippen LogP) is -1.11. The molecule has 0 saturated carbocycles. The lowest BCUT2D eigenvalue weighted by molar-refractivity contribution is -0.141. The highest BCUT2D eigenvalue weighted by Gasteiger charge is 2.15. The molecule has 0 spiro atoms. The van der Waals surface area contributed by atoms with Crippen molar-refractivity contribution in [3.05, 3.63) is 32.1 Å². The predicted molar refractivity (Wildman–Crippen MR) is 66.0 cm³/mol. The van der Waals surface area contributed by atoms with E-state index in [1.165, 1.54) is 6.92 Å². The third kappa shape index (κ3) is 4.09. The van der Waals surface area contributed by atoms with E-state index in [1.54, 1.807) is 6.92 Å². The van der Waals surface area contributed by atoms with Gasteiger partial charge in [-0.3, -0.25) is 19.4 Å². The largest absolute Gasteiger partial charge is 0.480 e. The van der Waals surface area contributed by atoms with Gasteiger partial charge in [0.1, 0.15) is 6.04 Å². The molecule has 1 atom stereocenters. The first-order chi connectivity index (χ1) is 8.81. The Morgan fingerprint density at radius 1 is 1.32 bits per heavy atom. The van der Waals surface area contributed by atoms with E-state index in [4.69, 9.17) is 5.11 Å². The molecule has 8 heteroatoms. The summed E-state index contributed by atoms with van der Waals surface area (Å²) in [7, 11) is 0. The maximum absolute atomic E-state index is 11.5. The van der Waals surface area contributed by atoms with Gasteiger partial charge in [-0.25, -0.2) is 4.79 Å². The molecule has 1 aromatic heterocycles. The fourth-order valence-corrected chi connectivity index (χ4v) is 1.54. The summed E-state index contributed by atoms with van der Waals surface area (Å²) in [6.45, 7) is 2.90. The standard InChI is InChI=1S/C11H15N3O5/c1-5-7(9(16)14-11(19)13-5)3-4-8(15)12-6(2)10(17)18/h6H,3-4H2,1-2H3,(H,12,15)(H,17,18)(H2,13,14,16,19)/t6-/m0/s1. The Balaban J connectivity index is 2.68. The first kappa shape index (κ1) is 14.7. The minimum Gasteiger partial charge on any atom is -0.480 e. The maximum Gasteiger partial charge on any atom is 0.325 e. The van der Waals surface area contributed by atoms with Crippen LogP contribution in [-0.4, -0.2) is 33.0 Å². The molecule has 4 N–H and O–H groups in total. The molecule has 1 heterocycles. The quantitative estimate of drug-likeness (QED) is 0.538. The molecule has 0 aromatic carbocycles. The van der Waals surface area contributed by atoms with Crippen molar-refractivity contribution in [2.75, 3.05) is 0 Å². The fourth-order valence-electron chi connectivity index (χ4n) is 1.54. The lowest BCUT2D eigenvalue weighted by atomic mass is 10.1. The van der Waals surface area contributed by atoms with Crippen LogP contribution in [-0.2, 0) is 16.0 Å². The fraction of sp³-hybridized carbons (Fsp3) is 0.455. The van der Waals surface area contributed by atoms with Crippen molar-refractivity contribution in [2.24, 2.45) is 0 Å². The molecular formula is C11H15N3O5. The SMILES string of the molecule is Cc1[nH]c(=O)[nH]c(=O)c1CCC(=O)N[C@@H](C)C(=O)O. The van der Waals surface area contributed by atoms with E-state index in [0.717, 1.165) is 0 Å². The van der Waals surface area contributed by atoms with Gasteiger partial charge < -0.3 is 15.4 Å². The third-order valence-corrected chi connectivity index (χ3v) is 2.60. The second-order valence-corrected chi connectivity index (χ2v) is 4.14. The molecule has 0 aliphatic rings. The molecule has 104 valence electrons. The number of H-pyrrole nitrogens is 2. The Bertz CT molecular complexity index is 601. The van der Waals surface area contributed by atoms with E-state index in [1.807, 2.05) is 0 Å². The first-order valence-electron chi connectivity index (χ1n) is 5.65. The summed E-state index contributed by atoms with van der Waals surface area (Å²) in [6, 6.07) is -0.984. The summed E-state index contributed by atoms with van der Waals surface area (Å²) in [6.07, 6.45) is 0.0870. The zero-order valence-electron chi connectivity index (χ0n) is 10.6. The molecule has 0 saturated heterocycles.